The van der Waals surface area contributed by atoms with Crippen molar-refractivity contribution < 1.29 is 4.79 Å². The molecule has 0 saturated carbocycles. The molecule has 2 rings (SSSR count). The fourth-order valence-electron chi connectivity index (χ4n) is 2.57. The highest BCUT2D eigenvalue weighted by atomic mass is 79.9. The molecule has 3 nitrogen and oxygen atoms in total. The van der Waals surface area contributed by atoms with E-state index in [1.165, 1.54) is 0 Å². The Kier molecular flexibility index (Phi) is 6.70. The smallest absolute Gasteiger partial charge is 0.230 e. The molecule has 0 aliphatic carbocycles. The lowest BCUT2D eigenvalue weighted by Crippen LogP contribution is -2.52. The SMILES string of the molecule is CC1CNCCC1NC(=O)C(C)(C)c1ccc(Br)cc1.Cl. The summed E-state index contributed by atoms with van der Waals surface area (Å²) in [5.74, 6) is 0.590. The van der Waals surface area contributed by atoms with Crippen molar-refractivity contribution in [2.24, 2.45) is 5.92 Å². The van der Waals surface area contributed by atoms with Crippen LogP contribution in [0.15, 0.2) is 28.7 Å². The first-order valence-corrected chi connectivity index (χ1v) is 7.98. The second kappa shape index (κ2) is 7.61. The highest BCUT2D eigenvalue weighted by molar-refractivity contribution is 9.10. The van der Waals surface area contributed by atoms with Crippen molar-refractivity contribution in [3.05, 3.63) is 34.3 Å². The van der Waals surface area contributed by atoms with E-state index in [9.17, 15) is 4.79 Å². The van der Waals surface area contributed by atoms with E-state index < -0.39 is 5.41 Å². The lowest BCUT2D eigenvalue weighted by molar-refractivity contribution is -0.126. The van der Waals surface area contributed by atoms with E-state index in [-0.39, 0.29) is 24.4 Å². The number of nitrogens with one attached hydrogen (secondary N) is 2. The normalized spacial score (nSPS) is 22.3. The van der Waals surface area contributed by atoms with Gasteiger partial charge >= 0.3 is 0 Å². The first-order chi connectivity index (χ1) is 9.41. The van der Waals surface area contributed by atoms with E-state index in [2.05, 4.69) is 33.5 Å². The Bertz CT molecular complexity index is 476. The molecule has 5 heteroatoms. The summed E-state index contributed by atoms with van der Waals surface area (Å²) in [6, 6.07) is 8.26. The number of hydrogen-bond donors (Lipinski definition) is 2. The molecule has 1 aromatic rings. The standard InChI is InChI=1S/C16H23BrN2O.ClH/c1-11-10-18-9-8-14(11)19-15(20)16(2,3)12-4-6-13(17)7-5-12;/h4-7,11,14,18H,8-10H2,1-3H3,(H,19,20);1H. The van der Waals surface area contributed by atoms with Crippen LogP contribution in [0.25, 0.3) is 0 Å². The number of carbonyl (C=O) groups excluding carboxylic acids is 1. The van der Waals surface area contributed by atoms with Crippen molar-refractivity contribution in [1.29, 1.82) is 0 Å². The molecule has 2 N–H and O–H groups in total. The van der Waals surface area contributed by atoms with Crippen LogP contribution in [0.5, 0.6) is 0 Å². The number of amides is 1. The Balaban J connectivity index is 0.00000220. The number of carbonyl (C=O) groups is 1. The molecule has 1 saturated heterocycles. The number of rotatable bonds is 3. The van der Waals surface area contributed by atoms with Gasteiger partial charge in [-0.3, -0.25) is 4.79 Å². The summed E-state index contributed by atoms with van der Waals surface area (Å²) in [7, 11) is 0. The minimum absolute atomic E-state index is 0. The van der Waals surface area contributed by atoms with Gasteiger partial charge in [0.15, 0.2) is 0 Å². The summed E-state index contributed by atoms with van der Waals surface area (Å²) in [4.78, 5) is 12.6. The number of hydrogen-bond acceptors (Lipinski definition) is 2. The average Bonchev–Trinajstić information content (AvgIpc) is 2.41. The maximum atomic E-state index is 12.6. The van der Waals surface area contributed by atoms with Gasteiger partial charge in [-0.05, 0) is 57.0 Å². The summed E-state index contributed by atoms with van der Waals surface area (Å²) in [5, 5.41) is 6.59. The fourth-order valence-corrected chi connectivity index (χ4v) is 2.84. The van der Waals surface area contributed by atoms with Crippen LogP contribution >= 0.6 is 28.3 Å². The van der Waals surface area contributed by atoms with E-state index in [0.29, 0.717) is 5.92 Å². The van der Waals surface area contributed by atoms with Gasteiger partial charge in [0, 0.05) is 10.5 Å². The molecule has 1 aromatic carbocycles. The largest absolute Gasteiger partial charge is 0.352 e. The third-order valence-electron chi connectivity index (χ3n) is 4.24. The number of benzene rings is 1. The fraction of sp³-hybridized carbons (Fsp3) is 0.562. The van der Waals surface area contributed by atoms with Crippen molar-refractivity contribution >= 4 is 34.2 Å². The predicted octanol–water partition coefficient (Wildman–Crippen LogP) is 3.26. The van der Waals surface area contributed by atoms with Gasteiger partial charge in [-0.1, -0.05) is 35.0 Å². The first-order valence-electron chi connectivity index (χ1n) is 7.19. The molecule has 2 unspecified atom stereocenters. The van der Waals surface area contributed by atoms with Crippen LogP contribution < -0.4 is 10.6 Å². The molecule has 0 aromatic heterocycles. The first kappa shape index (κ1) is 18.5. The summed E-state index contributed by atoms with van der Waals surface area (Å²) in [6.45, 7) is 8.11. The quantitative estimate of drug-likeness (QED) is 0.851. The van der Waals surface area contributed by atoms with Crippen LogP contribution in [0, 0.1) is 5.92 Å². The summed E-state index contributed by atoms with van der Waals surface area (Å²) in [5.41, 5.74) is 0.533. The molecule has 1 fully saturated rings. The summed E-state index contributed by atoms with van der Waals surface area (Å²) < 4.78 is 1.03. The molecule has 1 heterocycles. The van der Waals surface area contributed by atoms with Gasteiger partial charge in [0.05, 0.1) is 5.41 Å². The molecular formula is C16H24BrClN2O. The van der Waals surface area contributed by atoms with Crippen LogP contribution in [0.1, 0.15) is 32.8 Å². The van der Waals surface area contributed by atoms with E-state index >= 15 is 0 Å². The van der Waals surface area contributed by atoms with Crippen molar-refractivity contribution in [3.8, 4) is 0 Å². The van der Waals surface area contributed by atoms with Crippen LogP contribution in [-0.2, 0) is 10.2 Å². The Morgan fingerprint density at radius 2 is 1.95 bits per heavy atom. The van der Waals surface area contributed by atoms with Crippen molar-refractivity contribution in [2.75, 3.05) is 13.1 Å². The van der Waals surface area contributed by atoms with Gasteiger partial charge in [-0.25, -0.2) is 0 Å². The van der Waals surface area contributed by atoms with Gasteiger partial charge < -0.3 is 10.6 Å². The van der Waals surface area contributed by atoms with E-state index in [1.807, 2.05) is 38.1 Å². The molecule has 0 bridgehead atoms. The molecule has 21 heavy (non-hydrogen) atoms. The molecule has 118 valence electrons. The topological polar surface area (TPSA) is 41.1 Å². The molecule has 1 amide bonds. The van der Waals surface area contributed by atoms with Crippen molar-refractivity contribution in [2.45, 2.75) is 38.6 Å². The lowest BCUT2D eigenvalue weighted by Gasteiger charge is -2.33. The molecule has 0 spiro atoms. The van der Waals surface area contributed by atoms with E-state index in [0.717, 1.165) is 29.5 Å². The maximum absolute atomic E-state index is 12.6. The van der Waals surface area contributed by atoms with Gasteiger partial charge in [0.25, 0.3) is 0 Å². The van der Waals surface area contributed by atoms with Crippen LogP contribution in [0.4, 0.5) is 0 Å². The second-order valence-electron chi connectivity index (χ2n) is 6.18. The number of halogens is 2. The molecular weight excluding hydrogens is 352 g/mol. The summed E-state index contributed by atoms with van der Waals surface area (Å²) in [6.07, 6.45) is 1.00. The zero-order valence-corrected chi connectivity index (χ0v) is 15.2. The second-order valence-corrected chi connectivity index (χ2v) is 7.10. The average molecular weight is 376 g/mol. The van der Waals surface area contributed by atoms with E-state index in [1.54, 1.807) is 0 Å². The Morgan fingerprint density at radius 3 is 2.52 bits per heavy atom. The van der Waals surface area contributed by atoms with Gasteiger partial charge in [-0.15, -0.1) is 12.4 Å². The molecule has 1 aliphatic rings. The van der Waals surface area contributed by atoms with Crippen molar-refractivity contribution in [3.63, 3.8) is 0 Å². The third kappa shape index (κ3) is 4.44. The maximum Gasteiger partial charge on any atom is 0.230 e. The monoisotopic (exact) mass is 374 g/mol. The van der Waals surface area contributed by atoms with Crippen LogP contribution in [-0.4, -0.2) is 25.0 Å². The van der Waals surface area contributed by atoms with Gasteiger partial charge in [0.1, 0.15) is 0 Å². The zero-order chi connectivity index (χ0) is 14.8. The Hall–Kier alpha value is -0.580. The third-order valence-corrected chi connectivity index (χ3v) is 4.76. The Labute approximate surface area is 141 Å². The summed E-state index contributed by atoms with van der Waals surface area (Å²) >= 11 is 3.43. The highest BCUT2D eigenvalue weighted by Crippen LogP contribution is 2.26. The predicted molar refractivity (Wildman–Crippen MR) is 93.0 cm³/mol. The van der Waals surface area contributed by atoms with Crippen molar-refractivity contribution in [1.82, 2.24) is 10.6 Å². The highest BCUT2D eigenvalue weighted by Gasteiger charge is 2.33. The zero-order valence-electron chi connectivity index (χ0n) is 12.8. The van der Waals surface area contributed by atoms with Gasteiger partial charge in [0.2, 0.25) is 5.91 Å². The minimum atomic E-state index is -0.509. The molecule has 0 radical (unpaired) electrons. The Morgan fingerprint density at radius 1 is 1.33 bits per heavy atom. The number of piperidine rings is 1. The van der Waals surface area contributed by atoms with Crippen LogP contribution in [0.2, 0.25) is 0 Å². The molecule has 2 atom stereocenters. The van der Waals surface area contributed by atoms with Gasteiger partial charge in [-0.2, -0.15) is 0 Å². The molecule has 1 aliphatic heterocycles. The van der Waals surface area contributed by atoms with Crippen LogP contribution in [0.3, 0.4) is 0 Å². The lowest BCUT2D eigenvalue weighted by atomic mass is 9.83. The van der Waals surface area contributed by atoms with E-state index in [4.69, 9.17) is 0 Å². The minimum Gasteiger partial charge on any atom is -0.352 e.